The molecular weight excluding hydrogens is 451 g/mol. The Labute approximate surface area is 201 Å². The second-order valence-corrected chi connectivity index (χ2v) is 8.18. The van der Waals surface area contributed by atoms with Gasteiger partial charge in [0.25, 0.3) is 0 Å². The van der Waals surface area contributed by atoms with E-state index in [1.807, 2.05) is 34.9 Å². The maximum Gasteiger partial charge on any atom is 0.305 e. The third-order valence-electron chi connectivity index (χ3n) is 5.58. The SMILES string of the molecule is O=C(O)C[C@H](O)C[C@H](O)CCn1c(-c2ccccc2)nc(-c2ccncn2)c1-c1ccc(F)cc1. The Morgan fingerprint density at radius 3 is 2.37 bits per heavy atom. The summed E-state index contributed by atoms with van der Waals surface area (Å²) in [5, 5.41) is 29.3. The summed E-state index contributed by atoms with van der Waals surface area (Å²) in [6.07, 6.45) is 0.711. The van der Waals surface area contributed by atoms with Crippen molar-refractivity contribution in [2.75, 3.05) is 0 Å². The number of benzene rings is 2. The number of aliphatic hydroxyl groups is 2. The zero-order chi connectivity index (χ0) is 24.8. The zero-order valence-electron chi connectivity index (χ0n) is 18.8. The molecule has 0 bridgehead atoms. The van der Waals surface area contributed by atoms with E-state index < -0.39 is 24.6 Å². The topological polar surface area (TPSA) is 121 Å². The summed E-state index contributed by atoms with van der Waals surface area (Å²) in [5.41, 5.74) is 3.43. The molecule has 2 heterocycles. The van der Waals surface area contributed by atoms with Crippen LogP contribution in [0.2, 0.25) is 0 Å². The van der Waals surface area contributed by atoms with Crippen molar-refractivity contribution in [3.05, 3.63) is 79.0 Å². The summed E-state index contributed by atoms with van der Waals surface area (Å²) in [4.78, 5) is 24.1. The lowest BCUT2D eigenvalue weighted by atomic mass is 10.1. The quantitative estimate of drug-likeness (QED) is 0.318. The predicted molar refractivity (Wildman–Crippen MR) is 128 cm³/mol. The van der Waals surface area contributed by atoms with Crippen LogP contribution in [0.1, 0.15) is 19.3 Å². The van der Waals surface area contributed by atoms with E-state index in [4.69, 9.17) is 10.1 Å². The molecule has 4 aromatic rings. The fraction of sp³-hybridized carbons (Fsp3) is 0.231. The first-order valence-corrected chi connectivity index (χ1v) is 11.2. The largest absolute Gasteiger partial charge is 0.481 e. The van der Waals surface area contributed by atoms with Crippen molar-refractivity contribution < 1.29 is 24.5 Å². The molecule has 0 spiro atoms. The highest BCUT2D eigenvalue weighted by molar-refractivity contribution is 5.80. The van der Waals surface area contributed by atoms with Crippen LogP contribution in [-0.4, -0.2) is 53.0 Å². The molecule has 0 unspecified atom stereocenters. The Hall–Kier alpha value is -3.95. The number of carboxylic acid groups (broad SMARTS) is 1. The molecule has 4 rings (SSSR count). The molecule has 0 fully saturated rings. The summed E-state index contributed by atoms with van der Waals surface area (Å²) in [6, 6.07) is 17.3. The van der Waals surface area contributed by atoms with Crippen molar-refractivity contribution >= 4 is 5.97 Å². The third kappa shape index (κ3) is 5.95. The van der Waals surface area contributed by atoms with E-state index in [-0.39, 0.29) is 18.7 Å². The molecule has 35 heavy (non-hydrogen) atoms. The lowest BCUT2D eigenvalue weighted by Crippen LogP contribution is -2.22. The number of hydrogen-bond acceptors (Lipinski definition) is 6. The minimum atomic E-state index is -1.15. The van der Waals surface area contributed by atoms with Crippen LogP contribution in [0.4, 0.5) is 4.39 Å². The Morgan fingerprint density at radius 2 is 1.71 bits per heavy atom. The highest BCUT2D eigenvalue weighted by Crippen LogP contribution is 2.36. The number of aliphatic hydroxyl groups excluding tert-OH is 2. The van der Waals surface area contributed by atoms with E-state index in [1.54, 1.807) is 24.4 Å². The Balaban J connectivity index is 1.78. The van der Waals surface area contributed by atoms with Crippen LogP contribution in [0.3, 0.4) is 0 Å². The Morgan fingerprint density at radius 1 is 0.971 bits per heavy atom. The van der Waals surface area contributed by atoms with Crippen LogP contribution in [0.15, 0.2) is 73.2 Å². The Bertz CT molecular complexity index is 1260. The molecule has 0 aliphatic heterocycles. The molecule has 2 aromatic carbocycles. The molecule has 0 saturated heterocycles. The average molecular weight is 477 g/mol. The number of imidazole rings is 1. The summed E-state index contributed by atoms with van der Waals surface area (Å²) in [6.45, 7) is 0.315. The molecule has 0 amide bonds. The molecule has 180 valence electrons. The van der Waals surface area contributed by atoms with Gasteiger partial charge in [0.15, 0.2) is 0 Å². The number of aromatic nitrogens is 4. The van der Waals surface area contributed by atoms with Crippen molar-refractivity contribution in [3.8, 4) is 34.0 Å². The van der Waals surface area contributed by atoms with Gasteiger partial charge in [-0.15, -0.1) is 0 Å². The van der Waals surface area contributed by atoms with Gasteiger partial charge in [-0.2, -0.15) is 0 Å². The van der Waals surface area contributed by atoms with Gasteiger partial charge in [-0.3, -0.25) is 4.79 Å². The van der Waals surface area contributed by atoms with Crippen molar-refractivity contribution in [2.45, 2.75) is 38.0 Å². The van der Waals surface area contributed by atoms with Gasteiger partial charge in [0, 0.05) is 23.9 Å². The lowest BCUT2D eigenvalue weighted by Gasteiger charge is -2.17. The van der Waals surface area contributed by atoms with E-state index in [2.05, 4.69) is 9.97 Å². The molecule has 9 heteroatoms. The van der Waals surface area contributed by atoms with Gasteiger partial charge >= 0.3 is 5.97 Å². The van der Waals surface area contributed by atoms with E-state index >= 15 is 0 Å². The van der Waals surface area contributed by atoms with Gasteiger partial charge in [-0.05, 0) is 43.2 Å². The normalized spacial score (nSPS) is 12.9. The molecule has 3 N–H and O–H groups in total. The molecule has 0 saturated carbocycles. The van der Waals surface area contributed by atoms with Gasteiger partial charge in [-0.25, -0.2) is 19.3 Å². The number of halogens is 1. The average Bonchev–Trinajstić information content (AvgIpc) is 3.23. The van der Waals surface area contributed by atoms with Crippen molar-refractivity contribution in [3.63, 3.8) is 0 Å². The minimum Gasteiger partial charge on any atom is -0.481 e. The number of rotatable bonds is 10. The van der Waals surface area contributed by atoms with E-state index in [0.29, 0.717) is 29.5 Å². The number of nitrogens with zero attached hydrogens (tertiary/aromatic N) is 4. The highest BCUT2D eigenvalue weighted by Gasteiger charge is 2.23. The van der Waals surface area contributed by atoms with Crippen molar-refractivity contribution in [1.29, 1.82) is 0 Å². The zero-order valence-corrected chi connectivity index (χ0v) is 18.8. The summed E-state index contributed by atoms with van der Waals surface area (Å²) < 4.78 is 15.7. The summed E-state index contributed by atoms with van der Waals surface area (Å²) >= 11 is 0. The van der Waals surface area contributed by atoms with Gasteiger partial charge in [-0.1, -0.05) is 30.3 Å². The standard InChI is InChI=1S/C26H25FN4O4/c27-19-8-6-17(7-9-19)25-24(22-10-12-28-16-29-22)30-26(18-4-2-1-3-5-18)31(25)13-11-20(32)14-21(33)15-23(34)35/h1-10,12,16,20-21,32-33H,11,13-15H2,(H,34,35)/t20-,21-/m1/s1. The number of hydrogen-bond donors (Lipinski definition) is 3. The fourth-order valence-corrected chi connectivity index (χ4v) is 3.98. The maximum atomic E-state index is 13.7. The first-order chi connectivity index (χ1) is 16.9. The van der Waals surface area contributed by atoms with E-state index in [0.717, 1.165) is 11.1 Å². The van der Waals surface area contributed by atoms with Crippen LogP contribution < -0.4 is 0 Å². The molecule has 0 aliphatic carbocycles. The first-order valence-electron chi connectivity index (χ1n) is 11.2. The van der Waals surface area contributed by atoms with Gasteiger partial charge in [0.1, 0.15) is 23.7 Å². The molecule has 0 aliphatic rings. The second kappa shape index (κ2) is 11.0. The Kier molecular flexibility index (Phi) is 7.59. The smallest absolute Gasteiger partial charge is 0.305 e. The number of aliphatic carboxylic acids is 1. The number of carboxylic acids is 1. The number of carbonyl (C=O) groups is 1. The van der Waals surface area contributed by atoms with Crippen LogP contribution >= 0.6 is 0 Å². The van der Waals surface area contributed by atoms with Gasteiger partial charge in [0.05, 0.1) is 30.0 Å². The van der Waals surface area contributed by atoms with Gasteiger partial charge in [0.2, 0.25) is 0 Å². The van der Waals surface area contributed by atoms with E-state index in [9.17, 15) is 19.4 Å². The minimum absolute atomic E-state index is 0.0632. The fourth-order valence-electron chi connectivity index (χ4n) is 3.98. The third-order valence-corrected chi connectivity index (χ3v) is 5.58. The van der Waals surface area contributed by atoms with Crippen LogP contribution in [0, 0.1) is 5.82 Å². The molecule has 8 nitrogen and oxygen atoms in total. The lowest BCUT2D eigenvalue weighted by molar-refractivity contribution is -0.139. The van der Waals surface area contributed by atoms with Crippen LogP contribution in [0.25, 0.3) is 34.0 Å². The molecule has 2 aromatic heterocycles. The monoisotopic (exact) mass is 476 g/mol. The van der Waals surface area contributed by atoms with Gasteiger partial charge < -0.3 is 19.9 Å². The first kappa shape index (κ1) is 24.2. The van der Waals surface area contributed by atoms with Crippen LogP contribution in [0.5, 0.6) is 0 Å². The molecule has 0 radical (unpaired) electrons. The summed E-state index contributed by atoms with van der Waals surface area (Å²) in [5.74, 6) is -0.856. The molecule has 2 atom stereocenters. The van der Waals surface area contributed by atoms with E-state index in [1.165, 1.54) is 18.5 Å². The highest BCUT2D eigenvalue weighted by atomic mass is 19.1. The maximum absolute atomic E-state index is 13.7. The second-order valence-electron chi connectivity index (χ2n) is 8.18. The van der Waals surface area contributed by atoms with Crippen LogP contribution in [-0.2, 0) is 11.3 Å². The van der Waals surface area contributed by atoms with Crippen molar-refractivity contribution in [1.82, 2.24) is 19.5 Å². The summed E-state index contributed by atoms with van der Waals surface area (Å²) in [7, 11) is 0. The van der Waals surface area contributed by atoms with Crippen molar-refractivity contribution in [2.24, 2.45) is 0 Å². The molecular formula is C26H25FN4O4. The predicted octanol–water partition coefficient (Wildman–Crippen LogP) is 3.79.